The molecule has 1 heterocycles. The van der Waals surface area contributed by atoms with Gasteiger partial charge in [0.2, 0.25) is 0 Å². The second kappa shape index (κ2) is 9.85. The van der Waals surface area contributed by atoms with Gasteiger partial charge in [-0.05, 0) is 0 Å². The molecule has 0 saturated carbocycles. The maximum absolute atomic E-state index is 10.3. The van der Waals surface area contributed by atoms with Gasteiger partial charge in [-0.3, -0.25) is 9.80 Å². The fourth-order valence-electron chi connectivity index (χ4n) is 1.47. The first-order valence-electron chi connectivity index (χ1n) is 4.42. The topological polar surface area (TPSA) is 86.7 Å². The molecule has 0 N–H and O–H groups in total. The van der Waals surface area contributed by atoms with Gasteiger partial charge in [-0.1, -0.05) is 0 Å². The van der Waals surface area contributed by atoms with E-state index in [1.807, 2.05) is 0 Å². The number of rotatable bonds is 4. The standard InChI is InChI=1S/C8H14N2O4.2Na/c11-7(12)5-9-1-2-10(4-3-9)6-8(13)14;;/h1-6H2,(H,11,12)(H,13,14);;/q;2*+1/p-2. The van der Waals surface area contributed by atoms with Crippen LogP contribution in [0.5, 0.6) is 0 Å². The summed E-state index contributed by atoms with van der Waals surface area (Å²) in [7, 11) is 0. The van der Waals surface area contributed by atoms with Gasteiger partial charge in [0.25, 0.3) is 0 Å². The second-order valence-corrected chi connectivity index (χ2v) is 3.30. The van der Waals surface area contributed by atoms with Crippen LogP contribution in [0, 0.1) is 0 Å². The quantitative estimate of drug-likeness (QED) is 0.458. The van der Waals surface area contributed by atoms with Gasteiger partial charge < -0.3 is 19.8 Å². The van der Waals surface area contributed by atoms with Crippen LogP contribution in [0.2, 0.25) is 0 Å². The second-order valence-electron chi connectivity index (χ2n) is 3.30. The van der Waals surface area contributed by atoms with E-state index in [1.54, 1.807) is 9.80 Å². The van der Waals surface area contributed by atoms with Crippen molar-refractivity contribution >= 4 is 11.9 Å². The zero-order valence-electron chi connectivity index (χ0n) is 9.77. The molecule has 0 spiro atoms. The van der Waals surface area contributed by atoms with Crippen LogP contribution in [-0.2, 0) is 9.59 Å². The van der Waals surface area contributed by atoms with Gasteiger partial charge in [0.15, 0.2) is 0 Å². The fourth-order valence-corrected chi connectivity index (χ4v) is 1.47. The molecule has 1 aliphatic heterocycles. The number of carboxylic acid groups (broad SMARTS) is 2. The van der Waals surface area contributed by atoms with Crippen LogP contribution in [0.25, 0.3) is 0 Å². The fraction of sp³-hybridized carbons (Fsp3) is 0.750. The third-order valence-electron chi connectivity index (χ3n) is 2.17. The van der Waals surface area contributed by atoms with Gasteiger partial charge in [0, 0.05) is 39.3 Å². The van der Waals surface area contributed by atoms with E-state index in [-0.39, 0.29) is 72.2 Å². The van der Waals surface area contributed by atoms with Crippen molar-refractivity contribution in [3.63, 3.8) is 0 Å². The molecule has 0 amide bonds. The molecule has 0 bridgehead atoms. The largest absolute Gasteiger partial charge is 1.00 e. The maximum Gasteiger partial charge on any atom is 1.00 e. The zero-order valence-corrected chi connectivity index (χ0v) is 13.8. The average molecular weight is 246 g/mol. The van der Waals surface area contributed by atoms with Gasteiger partial charge >= 0.3 is 59.1 Å². The zero-order chi connectivity index (χ0) is 10.6. The summed E-state index contributed by atoms with van der Waals surface area (Å²) in [4.78, 5) is 24.0. The Balaban J connectivity index is 0. The molecule has 1 rings (SSSR count). The molecule has 8 heteroatoms. The smallest absolute Gasteiger partial charge is 0.549 e. The average Bonchev–Trinajstić information content (AvgIpc) is 2.06. The predicted octanol–water partition coefficient (Wildman–Crippen LogP) is -9.89. The van der Waals surface area contributed by atoms with Gasteiger partial charge in [0.05, 0.1) is 11.9 Å². The third-order valence-corrected chi connectivity index (χ3v) is 2.17. The summed E-state index contributed by atoms with van der Waals surface area (Å²) in [6, 6.07) is 0. The molecule has 16 heavy (non-hydrogen) atoms. The molecule has 1 aliphatic rings. The number of carboxylic acids is 2. The SMILES string of the molecule is O=C([O-])CN1CCN(CC(=O)[O-])CC1.[Na+].[Na+]. The van der Waals surface area contributed by atoms with Crippen LogP contribution >= 0.6 is 0 Å². The van der Waals surface area contributed by atoms with E-state index in [0.717, 1.165) is 0 Å². The Morgan fingerprint density at radius 3 is 1.25 bits per heavy atom. The Bertz CT molecular complexity index is 208. The molecule has 0 aliphatic carbocycles. The van der Waals surface area contributed by atoms with Gasteiger partial charge in [0.1, 0.15) is 0 Å². The summed E-state index contributed by atoms with van der Waals surface area (Å²) in [5, 5.41) is 20.5. The molecule has 0 aromatic carbocycles. The Morgan fingerprint density at radius 1 is 0.812 bits per heavy atom. The first-order chi connectivity index (χ1) is 6.58. The monoisotopic (exact) mass is 246 g/mol. The Labute approximate surface area is 139 Å². The number of hydrogen-bond donors (Lipinski definition) is 0. The summed E-state index contributed by atoms with van der Waals surface area (Å²) in [5.74, 6) is -2.20. The van der Waals surface area contributed by atoms with Gasteiger partial charge in [-0.15, -0.1) is 0 Å². The van der Waals surface area contributed by atoms with E-state index in [4.69, 9.17) is 0 Å². The van der Waals surface area contributed by atoms with Crippen molar-refractivity contribution in [1.29, 1.82) is 0 Å². The summed E-state index contributed by atoms with van der Waals surface area (Å²) < 4.78 is 0. The van der Waals surface area contributed by atoms with E-state index < -0.39 is 11.9 Å². The van der Waals surface area contributed by atoms with Crippen LogP contribution < -0.4 is 69.3 Å². The molecule has 0 atom stereocenters. The minimum absolute atomic E-state index is 0. The molecular formula is C8H12N2Na2O4. The minimum atomic E-state index is -1.10. The normalized spacial score (nSPS) is 17.0. The number of aliphatic carboxylic acids is 2. The van der Waals surface area contributed by atoms with Crippen LogP contribution in [0.1, 0.15) is 0 Å². The summed E-state index contributed by atoms with van der Waals surface area (Å²) in [6.45, 7) is 2.06. The molecule has 1 fully saturated rings. The molecule has 0 aromatic rings. The summed E-state index contributed by atoms with van der Waals surface area (Å²) >= 11 is 0. The maximum atomic E-state index is 10.3. The molecule has 1 saturated heterocycles. The Morgan fingerprint density at radius 2 is 1.06 bits per heavy atom. The van der Waals surface area contributed by atoms with Crippen molar-refractivity contribution in [2.75, 3.05) is 39.3 Å². The summed E-state index contributed by atoms with van der Waals surface area (Å²) in [6.07, 6.45) is 0. The first-order valence-corrected chi connectivity index (χ1v) is 4.42. The van der Waals surface area contributed by atoms with Gasteiger partial charge in [-0.25, -0.2) is 0 Å². The van der Waals surface area contributed by atoms with E-state index in [9.17, 15) is 19.8 Å². The van der Waals surface area contributed by atoms with E-state index in [1.165, 1.54) is 0 Å². The van der Waals surface area contributed by atoms with Crippen LogP contribution in [0.4, 0.5) is 0 Å². The summed E-state index contributed by atoms with van der Waals surface area (Å²) in [5.41, 5.74) is 0. The number of piperazine rings is 1. The minimum Gasteiger partial charge on any atom is -0.549 e. The van der Waals surface area contributed by atoms with E-state index >= 15 is 0 Å². The van der Waals surface area contributed by atoms with Gasteiger partial charge in [-0.2, -0.15) is 0 Å². The van der Waals surface area contributed by atoms with Crippen molar-refractivity contribution in [3.8, 4) is 0 Å². The van der Waals surface area contributed by atoms with E-state index in [2.05, 4.69) is 0 Å². The van der Waals surface area contributed by atoms with E-state index in [0.29, 0.717) is 26.2 Å². The third kappa shape index (κ3) is 8.03. The van der Waals surface area contributed by atoms with Crippen molar-refractivity contribution in [2.24, 2.45) is 0 Å². The molecular weight excluding hydrogens is 234 g/mol. The molecule has 0 radical (unpaired) electrons. The Kier molecular flexibility index (Phi) is 11.8. The van der Waals surface area contributed by atoms with Crippen LogP contribution in [0.3, 0.4) is 0 Å². The predicted molar refractivity (Wildman–Crippen MR) is 42.9 cm³/mol. The van der Waals surface area contributed by atoms with Crippen molar-refractivity contribution in [2.45, 2.75) is 0 Å². The van der Waals surface area contributed by atoms with Crippen LogP contribution in [0.15, 0.2) is 0 Å². The number of carbonyl (C=O) groups excluding carboxylic acids is 2. The van der Waals surface area contributed by atoms with Crippen molar-refractivity contribution in [3.05, 3.63) is 0 Å². The molecule has 80 valence electrons. The number of hydrogen-bond acceptors (Lipinski definition) is 6. The molecule has 0 unspecified atom stereocenters. The van der Waals surface area contributed by atoms with Crippen molar-refractivity contribution in [1.82, 2.24) is 9.80 Å². The molecule has 6 nitrogen and oxygen atoms in total. The molecule has 0 aromatic heterocycles. The first kappa shape index (κ1) is 19.2. The van der Waals surface area contributed by atoms with Crippen molar-refractivity contribution < 1.29 is 78.9 Å². The number of nitrogens with zero attached hydrogens (tertiary/aromatic N) is 2. The Hall–Kier alpha value is 0.860. The number of carbonyl (C=O) groups is 2. The van der Waals surface area contributed by atoms with Crippen LogP contribution in [-0.4, -0.2) is 61.0 Å².